The van der Waals surface area contributed by atoms with Crippen molar-refractivity contribution in [2.75, 3.05) is 7.11 Å². The molecular weight excluding hydrogens is 320 g/mol. The van der Waals surface area contributed by atoms with Crippen LogP contribution in [-0.4, -0.2) is 27.1 Å². The molecule has 0 aromatic heterocycles. The van der Waals surface area contributed by atoms with E-state index in [-0.39, 0.29) is 5.75 Å². The lowest BCUT2D eigenvalue weighted by atomic mass is 10.2. The monoisotopic (exact) mass is 334 g/mol. The normalized spacial score (nSPS) is 13.1. The second-order valence-corrected chi connectivity index (χ2v) is 7.18. The molecule has 0 saturated heterocycles. The number of halogens is 1. The quantitative estimate of drug-likeness (QED) is 0.898. The Morgan fingerprint density at radius 2 is 2.11 bits per heavy atom. The summed E-state index contributed by atoms with van der Waals surface area (Å²) in [6, 6.07) is 5.35. The summed E-state index contributed by atoms with van der Waals surface area (Å²) in [5.41, 5.74) is 0.722. The number of aliphatic carboxylic acids is 1. The van der Waals surface area contributed by atoms with Gasteiger partial charge in [-0.3, -0.25) is 9.00 Å². The third kappa shape index (κ3) is 3.32. The van der Waals surface area contributed by atoms with Gasteiger partial charge in [0, 0.05) is 20.8 Å². The Labute approximate surface area is 117 Å². The lowest BCUT2D eigenvalue weighted by Gasteiger charge is -2.19. The number of rotatable bonds is 5. The molecule has 1 unspecified atom stereocenters. The summed E-state index contributed by atoms with van der Waals surface area (Å²) in [5.74, 6) is -0.329. The molecule has 0 spiro atoms. The maximum atomic E-state index is 12.1. The highest BCUT2D eigenvalue weighted by molar-refractivity contribution is 9.10. The molecule has 0 aliphatic carbocycles. The summed E-state index contributed by atoms with van der Waals surface area (Å²) in [5, 5.41) is 9.04. The molecule has 0 aliphatic rings. The third-order valence-electron chi connectivity index (χ3n) is 2.61. The van der Waals surface area contributed by atoms with Gasteiger partial charge in [0.15, 0.2) is 0 Å². The van der Waals surface area contributed by atoms with Gasteiger partial charge in [0.05, 0.1) is 12.9 Å². The van der Waals surface area contributed by atoms with Crippen molar-refractivity contribution in [2.24, 2.45) is 0 Å². The number of methoxy groups -OCH3 is 1. The first-order chi connectivity index (χ1) is 8.28. The Morgan fingerprint density at radius 1 is 1.50 bits per heavy atom. The molecule has 0 radical (unpaired) electrons. The number of hydrogen-bond donors (Lipinski definition) is 1. The standard InChI is InChI=1S/C12H15BrO4S/c1-12(2,11(14)15)18(16)7-8-6-9(13)4-5-10(8)17-3/h4-6H,7H2,1-3H3,(H,14,15). The van der Waals surface area contributed by atoms with Crippen LogP contribution in [0.15, 0.2) is 22.7 Å². The zero-order valence-corrected chi connectivity index (χ0v) is 12.8. The van der Waals surface area contributed by atoms with E-state index in [1.165, 1.54) is 21.0 Å². The van der Waals surface area contributed by atoms with Gasteiger partial charge >= 0.3 is 5.97 Å². The molecule has 1 aromatic carbocycles. The molecule has 18 heavy (non-hydrogen) atoms. The Hall–Kier alpha value is -0.880. The van der Waals surface area contributed by atoms with Crippen molar-refractivity contribution in [3.63, 3.8) is 0 Å². The minimum Gasteiger partial charge on any atom is -0.496 e. The number of carbonyl (C=O) groups is 1. The third-order valence-corrected chi connectivity index (χ3v) is 4.99. The number of carboxylic acid groups (broad SMARTS) is 1. The lowest BCUT2D eigenvalue weighted by molar-refractivity contribution is -0.139. The maximum Gasteiger partial charge on any atom is 0.321 e. The van der Waals surface area contributed by atoms with E-state index >= 15 is 0 Å². The molecule has 1 atom stereocenters. The van der Waals surface area contributed by atoms with Crippen LogP contribution >= 0.6 is 15.9 Å². The van der Waals surface area contributed by atoms with Crippen LogP contribution in [0.1, 0.15) is 19.4 Å². The van der Waals surface area contributed by atoms with Gasteiger partial charge < -0.3 is 9.84 Å². The Balaban J connectivity index is 3.01. The second kappa shape index (κ2) is 5.84. The topological polar surface area (TPSA) is 63.6 Å². The van der Waals surface area contributed by atoms with Crippen molar-refractivity contribution in [3.8, 4) is 5.75 Å². The zero-order valence-electron chi connectivity index (χ0n) is 10.4. The first-order valence-corrected chi connectivity index (χ1v) is 7.34. The lowest BCUT2D eigenvalue weighted by Crippen LogP contribution is -2.37. The van der Waals surface area contributed by atoms with Crippen molar-refractivity contribution in [3.05, 3.63) is 28.2 Å². The molecule has 100 valence electrons. The summed E-state index contributed by atoms with van der Waals surface area (Å²) < 4.78 is 16.8. The molecule has 0 heterocycles. The van der Waals surface area contributed by atoms with E-state index in [1.807, 2.05) is 6.07 Å². The van der Waals surface area contributed by atoms with Crippen molar-refractivity contribution in [2.45, 2.75) is 24.3 Å². The molecule has 6 heteroatoms. The van der Waals surface area contributed by atoms with Crippen LogP contribution in [0, 0.1) is 0 Å². The molecule has 4 nitrogen and oxygen atoms in total. The van der Waals surface area contributed by atoms with Gasteiger partial charge in [-0.1, -0.05) is 15.9 Å². The van der Waals surface area contributed by atoms with Crippen LogP contribution in [0.5, 0.6) is 5.75 Å². The maximum absolute atomic E-state index is 12.1. The van der Waals surface area contributed by atoms with Gasteiger partial charge in [-0.15, -0.1) is 0 Å². The summed E-state index contributed by atoms with van der Waals surface area (Å²) >= 11 is 3.32. The van der Waals surface area contributed by atoms with Gasteiger partial charge in [0.1, 0.15) is 10.5 Å². The summed E-state index contributed by atoms with van der Waals surface area (Å²) in [6.45, 7) is 2.91. The highest BCUT2D eigenvalue weighted by Gasteiger charge is 2.34. The van der Waals surface area contributed by atoms with Crippen molar-refractivity contribution in [1.82, 2.24) is 0 Å². The fraction of sp³-hybridized carbons (Fsp3) is 0.417. The van der Waals surface area contributed by atoms with Gasteiger partial charge in [-0.2, -0.15) is 0 Å². The summed E-state index contributed by atoms with van der Waals surface area (Å²) in [4.78, 5) is 11.0. The first-order valence-electron chi connectivity index (χ1n) is 5.23. The predicted molar refractivity (Wildman–Crippen MR) is 74.3 cm³/mol. The second-order valence-electron chi connectivity index (χ2n) is 4.26. The summed E-state index contributed by atoms with van der Waals surface area (Å²) in [7, 11) is -0.00618. The minimum atomic E-state index is -1.53. The molecule has 1 rings (SSSR count). The van der Waals surface area contributed by atoms with Gasteiger partial charge in [-0.25, -0.2) is 0 Å². The molecule has 0 aliphatic heterocycles. The highest BCUT2D eigenvalue weighted by Crippen LogP contribution is 2.27. The van der Waals surface area contributed by atoms with Crippen LogP contribution in [0.4, 0.5) is 0 Å². The number of benzene rings is 1. The largest absolute Gasteiger partial charge is 0.496 e. The Bertz CT molecular complexity index is 485. The van der Waals surface area contributed by atoms with E-state index in [2.05, 4.69) is 15.9 Å². The molecule has 0 fully saturated rings. The van der Waals surface area contributed by atoms with Crippen LogP contribution in [-0.2, 0) is 21.3 Å². The van der Waals surface area contributed by atoms with E-state index in [9.17, 15) is 9.00 Å². The van der Waals surface area contributed by atoms with E-state index < -0.39 is 21.5 Å². The van der Waals surface area contributed by atoms with Gasteiger partial charge in [0.25, 0.3) is 0 Å². The first kappa shape index (κ1) is 15.2. The highest BCUT2D eigenvalue weighted by atomic mass is 79.9. The molecule has 0 saturated carbocycles. The number of hydrogen-bond acceptors (Lipinski definition) is 3. The van der Waals surface area contributed by atoms with E-state index in [0.717, 1.165) is 10.0 Å². The SMILES string of the molecule is COc1ccc(Br)cc1CS(=O)C(C)(C)C(=O)O. The van der Waals surface area contributed by atoms with E-state index in [1.54, 1.807) is 12.1 Å². The van der Waals surface area contributed by atoms with E-state index in [0.29, 0.717) is 5.75 Å². The van der Waals surface area contributed by atoms with Crippen LogP contribution in [0.3, 0.4) is 0 Å². The predicted octanol–water partition coefficient (Wildman–Crippen LogP) is 2.57. The van der Waals surface area contributed by atoms with Crippen LogP contribution < -0.4 is 4.74 Å². The Kier molecular flexibility index (Phi) is 4.92. The van der Waals surface area contributed by atoms with Gasteiger partial charge in [-0.05, 0) is 32.0 Å². The fourth-order valence-electron chi connectivity index (χ4n) is 1.28. The molecular formula is C12H15BrO4S. The van der Waals surface area contributed by atoms with E-state index in [4.69, 9.17) is 9.84 Å². The zero-order chi connectivity index (χ0) is 13.9. The van der Waals surface area contributed by atoms with Gasteiger partial charge in [0.2, 0.25) is 0 Å². The van der Waals surface area contributed by atoms with Crippen molar-refractivity contribution in [1.29, 1.82) is 0 Å². The fourth-order valence-corrected chi connectivity index (χ4v) is 2.75. The average molecular weight is 335 g/mol. The number of ether oxygens (including phenoxy) is 1. The van der Waals surface area contributed by atoms with Crippen molar-refractivity contribution >= 4 is 32.7 Å². The molecule has 0 amide bonds. The minimum absolute atomic E-state index is 0.141. The summed E-state index contributed by atoms with van der Waals surface area (Å²) in [6.07, 6.45) is 0. The van der Waals surface area contributed by atoms with Crippen LogP contribution in [0.2, 0.25) is 0 Å². The Morgan fingerprint density at radius 3 is 2.61 bits per heavy atom. The molecule has 1 N–H and O–H groups in total. The molecule has 1 aromatic rings. The average Bonchev–Trinajstić information content (AvgIpc) is 2.29. The molecule has 0 bridgehead atoms. The van der Waals surface area contributed by atoms with Crippen molar-refractivity contribution < 1.29 is 18.8 Å². The number of carboxylic acids is 1. The van der Waals surface area contributed by atoms with Crippen LogP contribution in [0.25, 0.3) is 0 Å². The smallest absolute Gasteiger partial charge is 0.321 e.